The normalized spacial score (nSPS) is 15.7. The van der Waals surface area contributed by atoms with Crippen LogP contribution in [0.5, 0.6) is 0 Å². The number of rotatable bonds is 4. The maximum Gasteiger partial charge on any atom is 0.275 e. The molecule has 0 aliphatic heterocycles. The van der Waals surface area contributed by atoms with Crippen LogP contribution in [0, 0.1) is 13.8 Å². The van der Waals surface area contributed by atoms with Gasteiger partial charge in [-0.3, -0.25) is 4.55 Å². The first-order valence-electron chi connectivity index (χ1n) is 6.41. The largest absolute Gasteiger partial charge is 0.285 e. The number of hydrogen-bond donors (Lipinski definition) is 1. The van der Waals surface area contributed by atoms with Gasteiger partial charge in [0.15, 0.2) is 0 Å². The van der Waals surface area contributed by atoms with Crippen molar-refractivity contribution < 1.29 is 13.0 Å². The lowest BCUT2D eigenvalue weighted by molar-refractivity contribution is 0.467. The van der Waals surface area contributed by atoms with Gasteiger partial charge < -0.3 is 0 Å². The van der Waals surface area contributed by atoms with Crippen molar-refractivity contribution in [1.29, 1.82) is 0 Å². The van der Waals surface area contributed by atoms with Crippen LogP contribution in [0.4, 0.5) is 0 Å². The third-order valence-corrected chi connectivity index (χ3v) is 7.14. The molecular formula is C15H22O3SSi. The van der Waals surface area contributed by atoms with E-state index in [0.29, 0.717) is 5.56 Å². The van der Waals surface area contributed by atoms with Gasteiger partial charge in [0.25, 0.3) is 10.1 Å². The van der Waals surface area contributed by atoms with E-state index in [9.17, 15) is 13.0 Å². The van der Waals surface area contributed by atoms with Crippen LogP contribution in [-0.2, 0) is 14.5 Å². The SMILES string of the molecule is C=CC([Si]C(C)(C)C)(c1cccc(C)c1C)S(=O)(=O)O. The molecule has 1 atom stereocenters. The maximum atomic E-state index is 12.1. The molecule has 0 saturated heterocycles. The van der Waals surface area contributed by atoms with Crippen LogP contribution in [0.25, 0.3) is 0 Å². The molecule has 0 saturated carbocycles. The van der Waals surface area contributed by atoms with Crippen LogP contribution in [0.2, 0.25) is 5.04 Å². The van der Waals surface area contributed by atoms with E-state index in [2.05, 4.69) is 6.58 Å². The Bertz CT molecular complexity index is 614. The molecule has 0 bridgehead atoms. The molecule has 0 heterocycles. The van der Waals surface area contributed by atoms with Crippen LogP contribution in [0.3, 0.4) is 0 Å². The maximum absolute atomic E-state index is 12.1. The fraction of sp³-hybridized carbons (Fsp3) is 0.467. The van der Waals surface area contributed by atoms with E-state index in [4.69, 9.17) is 0 Å². The van der Waals surface area contributed by atoms with E-state index in [0.717, 1.165) is 11.1 Å². The molecule has 0 spiro atoms. The molecule has 0 aliphatic carbocycles. The van der Waals surface area contributed by atoms with Crippen molar-refractivity contribution in [2.75, 3.05) is 0 Å². The highest BCUT2D eigenvalue weighted by molar-refractivity contribution is 7.88. The standard InChI is InChI=1S/C15H22O3SSi/c1-7-15(19(16,17)18,20-14(4,5)6)13-10-8-9-11(2)12(13)3/h7-10H,1H2,2-6H3,(H,16,17,18). The third-order valence-electron chi connectivity index (χ3n) is 3.26. The Hall–Kier alpha value is -0.913. The van der Waals surface area contributed by atoms with Gasteiger partial charge in [-0.1, -0.05) is 45.0 Å². The van der Waals surface area contributed by atoms with Crippen molar-refractivity contribution in [3.8, 4) is 0 Å². The fourth-order valence-electron chi connectivity index (χ4n) is 2.25. The second kappa shape index (κ2) is 5.46. The van der Waals surface area contributed by atoms with Crippen LogP contribution in [0.15, 0.2) is 30.9 Å². The summed E-state index contributed by atoms with van der Waals surface area (Å²) in [4.78, 5) is 0. The Morgan fingerprint density at radius 1 is 1.25 bits per heavy atom. The van der Waals surface area contributed by atoms with Crippen LogP contribution in [0.1, 0.15) is 37.5 Å². The smallest absolute Gasteiger partial charge is 0.275 e. The number of benzene rings is 1. The Labute approximate surface area is 124 Å². The van der Waals surface area contributed by atoms with Gasteiger partial charge in [-0.15, -0.1) is 6.58 Å². The molecule has 1 rings (SSSR count). The van der Waals surface area contributed by atoms with Gasteiger partial charge in [0, 0.05) is 0 Å². The molecule has 1 aromatic rings. The summed E-state index contributed by atoms with van der Waals surface area (Å²) in [5.74, 6) is 0. The van der Waals surface area contributed by atoms with Gasteiger partial charge in [-0.05, 0) is 35.6 Å². The van der Waals surface area contributed by atoms with Crippen LogP contribution < -0.4 is 0 Å². The first kappa shape index (κ1) is 17.1. The Balaban J connectivity index is 3.70. The topological polar surface area (TPSA) is 54.4 Å². The Morgan fingerprint density at radius 3 is 2.20 bits per heavy atom. The van der Waals surface area contributed by atoms with Crippen molar-refractivity contribution in [2.24, 2.45) is 0 Å². The van der Waals surface area contributed by atoms with Crippen LogP contribution in [-0.4, -0.2) is 22.5 Å². The summed E-state index contributed by atoms with van der Waals surface area (Å²) < 4.78 is 32.7. The summed E-state index contributed by atoms with van der Waals surface area (Å²) in [7, 11) is -4.34. The lowest BCUT2D eigenvalue weighted by Crippen LogP contribution is -2.43. The lowest BCUT2D eigenvalue weighted by Gasteiger charge is -2.34. The summed E-state index contributed by atoms with van der Waals surface area (Å²) in [5, 5.41) is -0.250. The predicted octanol–water partition coefficient (Wildman–Crippen LogP) is 3.45. The molecule has 0 aromatic heterocycles. The summed E-state index contributed by atoms with van der Waals surface area (Å²) in [6, 6.07) is 5.50. The third kappa shape index (κ3) is 3.21. The second-order valence-corrected chi connectivity index (χ2v) is 10.5. The van der Waals surface area contributed by atoms with E-state index < -0.39 is 14.5 Å². The zero-order valence-electron chi connectivity index (χ0n) is 12.7. The van der Waals surface area contributed by atoms with Gasteiger partial charge in [0.05, 0.1) is 9.52 Å². The highest BCUT2D eigenvalue weighted by Crippen LogP contribution is 2.40. The molecule has 20 heavy (non-hydrogen) atoms. The van der Waals surface area contributed by atoms with Gasteiger partial charge in [0.2, 0.25) is 0 Å². The molecule has 2 radical (unpaired) electrons. The number of hydrogen-bond acceptors (Lipinski definition) is 2. The summed E-state index contributed by atoms with van der Waals surface area (Å²) in [6.45, 7) is 13.4. The highest BCUT2D eigenvalue weighted by atomic mass is 32.2. The highest BCUT2D eigenvalue weighted by Gasteiger charge is 2.46. The lowest BCUT2D eigenvalue weighted by atomic mass is 10.0. The van der Waals surface area contributed by atoms with E-state index in [1.54, 1.807) is 6.07 Å². The van der Waals surface area contributed by atoms with E-state index >= 15 is 0 Å². The minimum absolute atomic E-state index is 0.0315. The first-order valence-corrected chi connectivity index (χ1v) is 8.85. The quantitative estimate of drug-likeness (QED) is 0.526. The van der Waals surface area contributed by atoms with Gasteiger partial charge in [0.1, 0.15) is 4.37 Å². The van der Waals surface area contributed by atoms with Gasteiger partial charge >= 0.3 is 0 Å². The molecule has 1 unspecified atom stereocenters. The monoisotopic (exact) mass is 310 g/mol. The molecule has 110 valence electrons. The van der Waals surface area contributed by atoms with Crippen molar-refractivity contribution in [1.82, 2.24) is 0 Å². The molecule has 0 amide bonds. The van der Waals surface area contributed by atoms with Crippen molar-refractivity contribution in [3.63, 3.8) is 0 Å². The minimum atomic E-state index is -4.31. The van der Waals surface area contributed by atoms with Gasteiger partial charge in [-0.25, -0.2) is 0 Å². The molecule has 3 nitrogen and oxygen atoms in total. The van der Waals surface area contributed by atoms with Crippen molar-refractivity contribution >= 4 is 19.6 Å². The fourth-order valence-corrected chi connectivity index (χ4v) is 6.01. The van der Waals surface area contributed by atoms with E-state index in [1.165, 1.54) is 6.08 Å². The minimum Gasteiger partial charge on any atom is -0.285 e. The first-order chi connectivity index (χ1) is 8.94. The molecule has 5 heteroatoms. The van der Waals surface area contributed by atoms with Crippen LogP contribution >= 0.6 is 0 Å². The molecule has 0 aliphatic rings. The molecule has 0 fully saturated rings. The average molecular weight is 310 g/mol. The molecule has 1 N–H and O–H groups in total. The summed E-state index contributed by atoms with van der Waals surface area (Å²) in [5.41, 5.74) is 2.49. The molecular weight excluding hydrogens is 288 g/mol. The zero-order valence-corrected chi connectivity index (χ0v) is 14.5. The predicted molar refractivity (Wildman–Crippen MR) is 84.8 cm³/mol. The van der Waals surface area contributed by atoms with E-state index in [1.807, 2.05) is 46.8 Å². The summed E-state index contributed by atoms with van der Waals surface area (Å²) >= 11 is 0. The Kier molecular flexibility index (Phi) is 4.68. The van der Waals surface area contributed by atoms with E-state index in [-0.39, 0.29) is 14.6 Å². The molecule has 1 aromatic carbocycles. The van der Waals surface area contributed by atoms with Crippen molar-refractivity contribution in [2.45, 2.75) is 44.0 Å². The second-order valence-electron chi connectivity index (χ2n) is 6.04. The number of aryl methyl sites for hydroxylation is 1. The van der Waals surface area contributed by atoms with Gasteiger partial charge in [-0.2, -0.15) is 8.42 Å². The zero-order chi connectivity index (χ0) is 15.8. The summed E-state index contributed by atoms with van der Waals surface area (Å²) in [6.07, 6.45) is 1.37. The van der Waals surface area contributed by atoms with Crippen molar-refractivity contribution in [3.05, 3.63) is 47.5 Å². The average Bonchev–Trinajstić information content (AvgIpc) is 2.27. The Morgan fingerprint density at radius 2 is 1.80 bits per heavy atom.